The minimum absolute atomic E-state index is 0.102. The quantitative estimate of drug-likeness (QED) is 0.491. The van der Waals surface area contributed by atoms with E-state index in [-0.39, 0.29) is 17.8 Å². The van der Waals surface area contributed by atoms with Crippen LogP contribution in [-0.2, 0) is 16.1 Å². The van der Waals surface area contributed by atoms with Gasteiger partial charge in [0, 0.05) is 17.8 Å². The Bertz CT molecular complexity index is 749. The zero-order valence-corrected chi connectivity index (χ0v) is 12.9. The first-order chi connectivity index (χ1) is 10.7. The number of benzene rings is 1. The van der Waals surface area contributed by atoms with Gasteiger partial charge in [0.2, 0.25) is 0 Å². The molecule has 0 aliphatic carbocycles. The number of ether oxygens (including phenoxy) is 1. The van der Waals surface area contributed by atoms with E-state index in [0.717, 1.165) is 18.2 Å². The number of nitrogens with zero attached hydrogens (tertiary/aromatic N) is 3. The summed E-state index contributed by atoms with van der Waals surface area (Å²) in [7, 11) is 0. The van der Waals surface area contributed by atoms with Crippen molar-refractivity contribution in [2.45, 2.75) is 32.9 Å². The number of rotatable bonds is 4. The first-order valence-electron chi connectivity index (χ1n) is 6.84. The molecular weight excluding hydrogens is 305 g/mol. The molecule has 2 aromatic rings. The van der Waals surface area contributed by atoms with Gasteiger partial charge in [0.25, 0.3) is 5.69 Å². The third-order valence-corrected chi connectivity index (χ3v) is 2.81. The summed E-state index contributed by atoms with van der Waals surface area (Å²) in [5, 5.41) is 15.0. The van der Waals surface area contributed by atoms with E-state index < -0.39 is 22.3 Å². The van der Waals surface area contributed by atoms with Crippen LogP contribution in [0.25, 0.3) is 11.1 Å². The van der Waals surface area contributed by atoms with E-state index in [1.54, 1.807) is 20.8 Å². The lowest BCUT2D eigenvalue weighted by Crippen LogP contribution is -2.26. The lowest BCUT2D eigenvalue weighted by Gasteiger charge is -2.19. The summed E-state index contributed by atoms with van der Waals surface area (Å²) < 4.78 is 19.8. The first kappa shape index (κ1) is 16.6. The molecule has 1 heterocycles. The van der Waals surface area contributed by atoms with Crippen LogP contribution < -0.4 is 0 Å². The van der Waals surface area contributed by atoms with E-state index in [2.05, 4.69) is 5.10 Å². The van der Waals surface area contributed by atoms with Crippen molar-refractivity contribution in [3.8, 4) is 11.1 Å². The van der Waals surface area contributed by atoms with Crippen LogP contribution in [0.3, 0.4) is 0 Å². The zero-order chi connectivity index (χ0) is 17.2. The maximum absolute atomic E-state index is 13.4. The van der Waals surface area contributed by atoms with Crippen LogP contribution in [0.2, 0.25) is 0 Å². The molecule has 0 bridgehead atoms. The Balaban J connectivity index is 2.25. The predicted molar refractivity (Wildman–Crippen MR) is 80.1 cm³/mol. The van der Waals surface area contributed by atoms with Crippen molar-refractivity contribution >= 4 is 11.7 Å². The molecule has 0 aliphatic rings. The molecule has 8 heteroatoms. The van der Waals surface area contributed by atoms with Gasteiger partial charge in [-0.05, 0) is 32.9 Å². The number of carbonyl (C=O) groups excluding carboxylic acids is 1. The summed E-state index contributed by atoms with van der Waals surface area (Å²) in [4.78, 5) is 22.2. The second-order valence-electron chi connectivity index (χ2n) is 5.93. The highest BCUT2D eigenvalue weighted by atomic mass is 19.1. The van der Waals surface area contributed by atoms with E-state index in [4.69, 9.17) is 4.74 Å². The van der Waals surface area contributed by atoms with Gasteiger partial charge in [-0.25, -0.2) is 4.39 Å². The average Bonchev–Trinajstić information content (AvgIpc) is 2.84. The van der Waals surface area contributed by atoms with Gasteiger partial charge in [-0.1, -0.05) is 0 Å². The van der Waals surface area contributed by atoms with Crippen molar-refractivity contribution in [1.29, 1.82) is 0 Å². The second kappa shape index (κ2) is 6.15. The third-order valence-electron chi connectivity index (χ3n) is 2.81. The van der Waals surface area contributed by atoms with Crippen molar-refractivity contribution in [3.05, 3.63) is 46.5 Å². The fourth-order valence-corrected chi connectivity index (χ4v) is 1.99. The minimum atomic E-state index is -0.617. The highest BCUT2D eigenvalue weighted by molar-refractivity contribution is 5.73. The molecule has 1 aromatic heterocycles. The van der Waals surface area contributed by atoms with Crippen LogP contribution in [0.4, 0.5) is 10.1 Å². The normalized spacial score (nSPS) is 11.3. The molecular formula is C15H16FN3O4. The third kappa shape index (κ3) is 4.35. The van der Waals surface area contributed by atoms with Crippen molar-refractivity contribution < 1.29 is 18.8 Å². The maximum Gasteiger partial charge on any atom is 0.328 e. The van der Waals surface area contributed by atoms with E-state index in [9.17, 15) is 19.3 Å². The number of hydrogen-bond acceptors (Lipinski definition) is 5. The second-order valence-corrected chi connectivity index (χ2v) is 5.93. The molecule has 0 amide bonds. The van der Waals surface area contributed by atoms with E-state index in [0.29, 0.717) is 5.56 Å². The SMILES string of the molecule is CC(C)(C)OC(=O)Cn1cc(-c2cc(F)ccc2[N+](=O)[O-])cn1. The van der Waals surface area contributed by atoms with Gasteiger partial charge in [-0.2, -0.15) is 5.10 Å². The van der Waals surface area contributed by atoms with Gasteiger partial charge in [0.15, 0.2) is 0 Å². The molecule has 23 heavy (non-hydrogen) atoms. The van der Waals surface area contributed by atoms with Crippen LogP contribution in [0.5, 0.6) is 0 Å². The molecule has 0 fully saturated rings. The molecule has 1 aromatic carbocycles. The number of hydrogen-bond donors (Lipinski definition) is 0. The van der Waals surface area contributed by atoms with Gasteiger partial charge in [0.05, 0.1) is 16.7 Å². The number of nitro groups is 1. The van der Waals surface area contributed by atoms with E-state index in [1.165, 1.54) is 17.1 Å². The molecule has 0 N–H and O–H groups in total. The number of carbonyl (C=O) groups is 1. The monoisotopic (exact) mass is 321 g/mol. The topological polar surface area (TPSA) is 87.3 Å². The minimum Gasteiger partial charge on any atom is -0.459 e. The molecule has 0 aliphatic heterocycles. The van der Waals surface area contributed by atoms with Crippen LogP contribution >= 0.6 is 0 Å². The van der Waals surface area contributed by atoms with Crippen molar-refractivity contribution in [3.63, 3.8) is 0 Å². The van der Waals surface area contributed by atoms with Gasteiger partial charge < -0.3 is 4.74 Å². The number of halogens is 1. The van der Waals surface area contributed by atoms with Gasteiger partial charge in [-0.15, -0.1) is 0 Å². The number of aromatic nitrogens is 2. The molecule has 0 unspecified atom stereocenters. The summed E-state index contributed by atoms with van der Waals surface area (Å²) >= 11 is 0. The molecule has 122 valence electrons. The van der Waals surface area contributed by atoms with Gasteiger partial charge in [0.1, 0.15) is 18.0 Å². The van der Waals surface area contributed by atoms with Crippen LogP contribution in [-0.4, -0.2) is 26.3 Å². The molecule has 7 nitrogen and oxygen atoms in total. The summed E-state index contributed by atoms with van der Waals surface area (Å²) in [6.45, 7) is 5.10. The maximum atomic E-state index is 13.4. The lowest BCUT2D eigenvalue weighted by molar-refractivity contribution is -0.384. The Morgan fingerprint density at radius 2 is 2.13 bits per heavy atom. The summed E-state index contributed by atoms with van der Waals surface area (Å²) in [5.41, 5.74) is -0.401. The molecule has 0 radical (unpaired) electrons. The largest absolute Gasteiger partial charge is 0.459 e. The Kier molecular flexibility index (Phi) is 4.44. The van der Waals surface area contributed by atoms with E-state index in [1.807, 2.05) is 0 Å². The molecule has 0 saturated carbocycles. The Morgan fingerprint density at radius 3 is 2.74 bits per heavy atom. The van der Waals surface area contributed by atoms with Crippen molar-refractivity contribution in [2.75, 3.05) is 0 Å². The summed E-state index contributed by atoms with van der Waals surface area (Å²) in [6, 6.07) is 3.18. The average molecular weight is 321 g/mol. The van der Waals surface area contributed by atoms with Gasteiger partial charge in [-0.3, -0.25) is 19.6 Å². The summed E-state index contributed by atoms with van der Waals surface area (Å²) in [6.07, 6.45) is 2.78. The zero-order valence-electron chi connectivity index (χ0n) is 12.9. The number of esters is 1. The van der Waals surface area contributed by atoms with Crippen molar-refractivity contribution in [1.82, 2.24) is 9.78 Å². The summed E-state index contributed by atoms with van der Waals surface area (Å²) in [5.74, 6) is -1.08. The fraction of sp³-hybridized carbons (Fsp3) is 0.333. The first-order valence-corrected chi connectivity index (χ1v) is 6.84. The predicted octanol–water partition coefficient (Wildman–Crippen LogP) is 2.94. The standard InChI is InChI=1S/C15H16FN3O4/c1-15(2,3)23-14(20)9-18-8-10(7-17-18)12-6-11(16)4-5-13(12)19(21)22/h4-8H,9H2,1-3H3. The Morgan fingerprint density at radius 1 is 1.43 bits per heavy atom. The smallest absolute Gasteiger partial charge is 0.328 e. The van der Waals surface area contributed by atoms with Gasteiger partial charge >= 0.3 is 5.97 Å². The molecule has 0 atom stereocenters. The number of nitro benzene ring substituents is 1. The van der Waals surface area contributed by atoms with Crippen molar-refractivity contribution in [2.24, 2.45) is 0 Å². The molecule has 0 spiro atoms. The molecule has 2 rings (SSSR count). The highest BCUT2D eigenvalue weighted by Gasteiger charge is 2.19. The van der Waals surface area contributed by atoms with Crippen LogP contribution in [0.1, 0.15) is 20.8 Å². The van der Waals surface area contributed by atoms with Crippen LogP contribution in [0.15, 0.2) is 30.6 Å². The Hall–Kier alpha value is -2.77. The molecule has 0 saturated heterocycles. The lowest BCUT2D eigenvalue weighted by atomic mass is 10.1. The Labute approximate surface area is 131 Å². The van der Waals surface area contributed by atoms with Crippen LogP contribution in [0, 0.1) is 15.9 Å². The van der Waals surface area contributed by atoms with E-state index >= 15 is 0 Å². The highest BCUT2D eigenvalue weighted by Crippen LogP contribution is 2.30. The fourth-order valence-electron chi connectivity index (χ4n) is 1.99.